The number of hydrogen-bond acceptors (Lipinski definition) is 2. The van der Waals surface area contributed by atoms with Crippen molar-refractivity contribution in [2.45, 2.75) is 174 Å². The quantitative estimate of drug-likeness (QED) is 0.164. The highest BCUT2D eigenvalue weighted by molar-refractivity contribution is 6.02. The van der Waals surface area contributed by atoms with E-state index in [9.17, 15) is 9.59 Å². The van der Waals surface area contributed by atoms with Gasteiger partial charge in [-0.3, -0.25) is 9.59 Å². The number of ketones is 2. The fourth-order valence-electron chi connectivity index (χ4n) is 5.23. The summed E-state index contributed by atoms with van der Waals surface area (Å²) in [4.78, 5) is 25.3. The molecule has 0 bridgehead atoms. The lowest BCUT2D eigenvalue weighted by Gasteiger charge is -2.16. The molecule has 0 aliphatic heterocycles. The molecule has 0 heterocycles. The predicted octanol–water partition coefficient (Wildman–Crippen LogP) is 9.92. The van der Waals surface area contributed by atoms with E-state index in [2.05, 4.69) is 6.92 Å². The largest absolute Gasteiger partial charge is 0.299 e. The normalized spacial score (nSPS) is 18.8. The monoisotopic (exact) mass is 448 g/mol. The van der Waals surface area contributed by atoms with E-state index in [1.807, 2.05) is 0 Å². The van der Waals surface area contributed by atoms with Crippen LogP contribution in [-0.2, 0) is 9.59 Å². The molecule has 2 heteroatoms. The van der Waals surface area contributed by atoms with Crippen LogP contribution >= 0.6 is 0 Å². The molecule has 0 aromatic heterocycles. The third-order valence-corrected chi connectivity index (χ3v) is 7.47. The van der Waals surface area contributed by atoms with Gasteiger partial charge in [0.05, 0.1) is 5.92 Å². The Labute approximate surface area is 201 Å². The number of carbonyl (C=O) groups excluding carboxylic acids is 2. The smallest absolute Gasteiger partial charge is 0.143 e. The Morgan fingerprint density at radius 3 is 1.50 bits per heavy atom. The summed E-state index contributed by atoms with van der Waals surface area (Å²) in [7, 11) is 0. The minimum Gasteiger partial charge on any atom is -0.299 e. The van der Waals surface area contributed by atoms with E-state index in [1.165, 1.54) is 116 Å². The Hall–Kier alpha value is -0.660. The van der Waals surface area contributed by atoms with Gasteiger partial charge in [0.25, 0.3) is 0 Å². The van der Waals surface area contributed by atoms with E-state index in [-0.39, 0.29) is 17.5 Å². The zero-order valence-electron chi connectivity index (χ0n) is 21.8. The molecule has 1 fully saturated rings. The molecular formula is C30H56O2. The van der Waals surface area contributed by atoms with Crippen molar-refractivity contribution in [3.63, 3.8) is 0 Å². The number of rotatable bonds is 17. The van der Waals surface area contributed by atoms with E-state index >= 15 is 0 Å². The van der Waals surface area contributed by atoms with Crippen molar-refractivity contribution in [1.29, 1.82) is 0 Å². The summed E-state index contributed by atoms with van der Waals surface area (Å²) < 4.78 is 0. The maximum Gasteiger partial charge on any atom is 0.143 e. The Morgan fingerprint density at radius 2 is 1.00 bits per heavy atom. The third kappa shape index (κ3) is 16.9. The zero-order chi connectivity index (χ0) is 23.1. The Kier molecular flexibility index (Phi) is 20.3. The first-order chi connectivity index (χ1) is 15.8. The minimum atomic E-state index is -0.277. The summed E-state index contributed by atoms with van der Waals surface area (Å²) in [5, 5.41) is 0. The average molecular weight is 449 g/mol. The van der Waals surface area contributed by atoms with Crippen molar-refractivity contribution >= 4 is 11.6 Å². The number of Topliss-reactive ketones (excluding diaryl/α,β-unsaturated/α-hetero) is 2. The van der Waals surface area contributed by atoms with Gasteiger partial charge >= 0.3 is 0 Å². The number of carbonyl (C=O) groups is 2. The van der Waals surface area contributed by atoms with E-state index in [1.54, 1.807) is 0 Å². The molecule has 0 saturated heterocycles. The van der Waals surface area contributed by atoms with Gasteiger partial charge < -0.3 is 0 Å². The van der Waals surface area contributed by atoms with Gasteiger partial charge in [-0.15, -0.1) is 0 Å². The fourth-order valence-corrected chi connectivity index (χ4v) is 5.23. The first-order valence-electron chi connectivity index (χ1n) is 14.8. The van der Waals surface area contributed by atoms with Crippen LogP contribution in [0.2, 0.25) is 0 Å². The fraction of sp³-hybridized carbons (Fsp3) is 0.933. The van der Waals surface area contributed by atoms with Crippen LogP contribution in [0.4, 0.5) is 0 Å². The molecule has 1 atom stereocenters. The van der Waals surface area contributed by atoms with Crippen molar-refractivity contribution in [3.05, 3.63) is 0 Å². The lowest BCUT2D eigenvalue weighted by Crippen LogP contribution is -2.24. The predicted molar refractivity (Wildman–Crippen MR) is 139 cm³/mol. The standard InChI is InChI=1S/C30H56O2/c1-2-3-4-5-6-7-8-9-10-11-12-13-17-20-23-26-29(31)28-25-22-19-16-14-15-18-21-24-27-30(28)32/h28H,2-27H2,1H3. The Morgan fingerprint density at radius 1 is 0.594 bits per heavy atom. The topological polar surface area (TPSA) is 34.1 Å². The molecule has 1 unspecified atom stereocenters. The van der Waals surface area contributed by atoms with Gasteiger partial charge in [0, 0.05) is 12.8 Å². The van der Waals surface area contributed by atoms with E-state index < -0.39 is 0 Å². The summed E-state index contributed by atoms with van der Waals surface area (Å²) in [6, 6.07) is 0. The molecule has 0 aromatic rings. The zero-order valence-corrected chi connectivity index (χ0v) is 21.8. The van der Waals surface area contributed by atoms with Crippen LogP contribution < -0.4 is 0 Å². The van der Waals surface area contributed by atoms with E-state index in [0.717, 1.165) is 38.5 Å². The van der Waals surface area contributed by atoms with Crippen molar-refractivity contribution in [3.8, 4) is 0 Å². The molecule has 1 rings (SSSR count). The van der Waals surface area contributed by atoms with Crippen LogP contribution in [0, 0.1) is 5.92 Å². The molecular weight excluding hydrogens is 392 g/mol. The molecule has 0 amide bonds. The molecule has 0 aromatic carbocycles. The van der Waals surface area contributed by atoms with Crippen LogP contribution in [-0.4, -0.2) is 11.6 Å². The lowest BCUT2D eigenvalue weighted by atomic mass is 9.87. The molecule has 0 spiro atoms. The van der Waals surface area contributed by atoms with Crippen LogP contribution in [0.5, 0.6) is 0 Å². The first kappa shape index (κ1) is 29.4. The summed E-state index contributed by atoms with van der Waals surface area (Å²) >= 11 is 0. The molecule has 1 aliphatic rings. The SMILES string of the molecule is CCCCCCCCCCCCCCCCCC(=O)C1CCCCCCCCCCC1=O. The molecule has 188 valence electrons. The lowest BCUT2D eigenvalue weighted by molar-refractivity contribution is -0.133. The summed E-state index contributed by atoms with van der Waals surface area (Å²) in [5.41, 5.74) is 0. The van der Waals surface area contributed by atoms with Crippen LogP contribution in [0.1, 0.15) is 174 Å². The van der Waals surface area contributed by atoms with E-state index in [4.69, 9.17) is 0 Å². The van der Waals surface area contributed by atoms with Gasteiger partial charge in [0.15, 0.2) is 0 Å². The van der Waals surface area contributed by atoms with Crippen molar-refractivity contribution in [2.24, 2.45) is 5.92 Å². The van der Waals surface area contributed by atoms with Gasteiger partial charge in [-0.05, 0) is 19.3 Å². The molecule has 2 nitrogen and oxygen atoms in total. The molecule has 32 heavy (non-hydrogen) atoms. The van der Waals surface area contributed by atoms with Gasteiger partial charge in [0.2, 0.25) is 0 Å². The Balaban J connectivity index is 2.00. The molecule has 1 saturated carbocycles. The van der Waals surface area contributed by atoms with Crippen molar-refractivity contribution in [1.82, 2.24) is 0 Å². The summed E-state index contributed by atoms with van der Waals surface area (Å²) in [5.74, 6) is 0.222. The Bertz CT molecular complexity index is 442. The highest BCUT2D eigenvalue weighted by atomic mass is 16.1. The van der Waals surface area contributed by atoms with Crippen molar-refractivity contribution in [2.75, 3.05) is 0 Å². The maximum absolute atomic E-state index is 12.7. The second-order valence-electron chi connectivity index (χ2n) is 10.6. The highest BCUT2D eigenvalue weighted by Crippen LogP contribution is 2.22. The molecule has 0 N–H and O–H groups in total. The van der Waals surface area contributed by atoms with Gasteiger partial charge in [0.1, 0.15) is 11.6 Å². The summed E-state index contributed by atoms with van der Waals surface area (Å²) in [6.07, 6.45) is 31.8. The maximum atomic E-state index is 12.7. The van der Waals surface area contributed by atoms with Gasteiger partial charge in [-0.1, -0.05) is 142 Å². The third-order valence-electron chi connectivity index (χ3n) is 7.47. The molecule has 0 radical (unpaired) electrons. The number of hydrogen-bond donors (Lipinski definition) is 0. The minimum absolute atomic E-state index is 0.247. The highest BCUT2D eigenvalue weighted by Gasteiger charge is 2.24. The second-order valence-corrected chi connectivity index (χ2v) is 10.6. The van der Waals surface area contributed by atoms with E-state index in [0.29, 0.717) is 12.8 Å². The van der Waals surface area contributed by atoms with Crippen LogP contribution in [0.3, 0.4) is 0 Å². The summed E-state index contributed by atoms with van der Waals surface area (Å²) in [6.45, 7) is 2.28. The molecule has 1 aliphatic carbocycles. The second kappa shape index (κ2) is 22.1. The van der Waals surface area contributed by atoms with Crippen molar-refractivity contribution < 1.29 is 9.59 Å². The average Bonchev–Trinajstić information content (AvgIpc) is 2.78. The van der Waals surface area contributed by atoms with Crippen LogP contribution in [0.25, 0.3) is 0 Å². The number of unbranched alkanes of at least 4 members (excludes halogenated alkanes) is 14. The van der Waals surface area contributed by atoms with Gasteiger partial charge in [-0.25, -0.2) is 0 Å². The van der Waals surface area contributed by atoms with Crippen LogP contribution in [0.15, 0.2) is 0 Å². The van der Waals surface area contributed by atoms with Gasteiger partial charge in [-0.2, -0.15) is 0 Å². The first-order valence-corrected chi connectivity index (χ1v) is 14.8.